The molecule has 0 spiro atoms. The molecule has 2 N–H and O–H groups in total. The van der Waals surface area contributed by atoms with Gasteiger partial charge in [0.1, 0.15) is 18.2 Å². The molecule has 20 heavy (non-hydrogen) atoms. The van der Waals surface area contributed by atoms with Crippen molar-refractivity contribution in [1.82, 2.24) is 10.3 Å². The third-order valence-corrected chi connectivity index (χ3v) is 2.43. The van der Waals surface area contributed by atoms with Crippen LogP contribution in [0.1, 0.15) is 20.8 Å². The van der Waals surface area contributed by atoms with Crippen molar-refractivity contribution in [1.29, 1.82) is 0 Å². The number of amides is 2. The third-order valence-electron chi connectivity index (χ3n) is 2.43. The van der Waals surface area contributed by atoms with E-state index in [4.69, 9.17) is 9.47 Å². The summed E-state index contributed by atoms with van der Waals surface area (Å²) < 4.78 is 10.6. The number of fused-ring (bicyclic) bond motifs is 1. The Balaban J connectivity index is 2.02. The number of aromatic nitrogens is 1. The van der Waals surface area contributed by atoms with Gasteiger partial charge in [-0.3, -0.25) is 4.79 Å². The Bertz CT molecular complexity index is 525. The van der Waals surface area contributed by atoms with E-state index in [0.29, 0.717) is 11.6 Å². The number of nitrogens with zero attached hydrogens (tertiary/aromatic N) is 1. The van der Waals surface area contributed by atoms with Crippen molar-refractivity contribution in [2.75, 3.05) is 11.9 Å². The molecular weight excluding hydrogens is 262 g/mol. The first-order valence-electron chi connectivity index (χ1n) is 6.23. The molecule has 1 aliphatic heterocycles. The maximum absolute atomic E-state index is 12.0. The number of ether oxygens (including phenoxy) is 2. The fourth-order valence-corrected chi connectivity index (χ4v) is 1.61. The van der Waals surface area contributed by atoms with Gasteiger partial charge in [0, 0.05) is 6.20 Å². The molecular formula is C13H17N3O4. The third kappa shape index (κ3) is 3.59. The smallest absolute Gasteiger partial charge is 0.408 e. The van der Waals surface area contributed by atoms with Gasteiger partial charge < -0.3 is 20.1 Å². The Morgan fingerprint density at radius 3 is 3.00 bits per heavy atom. The van der Waals surface area contributed by atoms with Crippen molar-refractivity contribution in [3.63, 3.8) is 0 Å². The van der Waals surface area contributed by atoms with Crippen LogP contribution >= 0.6 is 0 Å². The molecule has 0 saturated heterocycles. The van der Waals surface area contributed by atoms with Crippen molar-refractivity contribution in [3.05, 3.63) is 18.3 Å². The zero-order valence-electron chi connectivity index (χ0n) is 11.6. The summed E-state index contributed by atoms with van der Waals surface area (Å²) >= 11 is 0. The van der Waals surface area contributed by atoms with Crippen molar-refractivity contribution in [3.8, 4) is 5.75 Å². The molecule has 0 saturated carbocycles. The van der Waals surface area contributed by atoms with Crippen LogP contribution in [-0.2, 0) is 9.53 Å². The highest BCUT2D eigenvalue weighted by atomic mass is 16.6. The van der Waals surface area contributed by atoms with Gasteiger partial charge in [-0.2, -0.15) is 0 Å². The lowest BCUT2D eigenvalue weighted by Crippen LogP contribution is -2.48. The van der Waals surface area contributed by atoms with Crippen LogP contribution in [0.25, 0.3) is 0 Å². The molecule has 0 radical (unpaired) electrons. The molecule has 1 atom stereocenters. The first-order chi connectivity index (χ1) is 9.35. The molecule has 1 aromatic heterocycles. The number of alkyl carbamates (subject to hydrolysis) is 1. The Labute approximate surface area is 116 Å². The molecule has 0 aromatic carbocycles. The second-order valence-corrected chi connectivity index (χ2v) is 5.35. The van der Waals surface area contributed by atoms with Crippen LogP contribution < -0.4 is 15.4 Å². The molecule has 0 unspecified atom stereocenters. The van der Waals surface area contributed by atoms with Crippen molar-refractivity contribution in [2.45, 2.75) is 32.4 Å². The van der Waals surface area contributed by atoms with Crippen LogP contribution in [0.4, 0.5) is 10.6 Å². The summed E-state index contributed by atoms with van der Waals surface area (Å²) in [7, 11) is 0. The van der Waals surface area contributed by atoms with E-state index in [1.807, 2.05) is 0 Å². The van der Waals surface area contributed by atoms with Gasteiger partial charge in [-0.1, -0.05) is 0 Å². The zero-order valence-corrected chi connectivity index (χ0v) is 11.6. The van der Waals surface area contributed by atoms with E-state index >= 15 is 0 Å². The SMILES string of the molecule is CC(C)(C)OC(=O)N[C@H]1COc2cccnc2NC1=O. The Morgan fingerprint density at radius 1 is 1.55 bits per heavy atom. The highest BCUT2D eigenvalue weighted by Gasteiger charge is 2.28. The Kier molecular flexibility index (Phi) is 3.78. The molecule has 1 aliphatic rings. The summed E-state index contributed by atoms with van der Waals surface area (Å²) in [4.78, 5) is 27.7. The summed E-state index contributed by atoms with van der Waals surface area (Å²) in [6, 6.07) is 2.56. The molecule has 7 nitrogen and oxygen atoms in total. The lowest BCUT2D eigenvalue weighted by molar-refractivity contribution is -0.118. The number of nitrogens with one attached hydrogen (secondary N) is 2. The molecule has 7 heteroatoms. The maximum Gasteiger partial charge on any atom is 0.408 e. The summed E-state index contributed by atoms with van der Waals surface area (Å²) in [6.45, 7) is 5.26. The van der Waals surface area contributed by atoms with Gasteiger partial charge >= 0.3 is 6.09 Å². The molecule has 0 fully saturated rings. The number of hydrogen-bond donors (Lipinski definition) is 2. The van der Waals surface area contributed by atoms with E-state index < -0.39 is 23.6 Å². The zero-order chi connectivity index (χ0) is 14.8. The fourth-order valence-electron chi connectivity index (χ4n) is 1.61. The topological polar surface area (TPSA) is 89.6 Å². The second kappa shape index (κ2) is 5.36. The van der Waals surface area contributed by atoms with Crippen LogP contribution in [0.3, 0.4) is 0 Å². The van der Waals surface area contributed by atoms with Crippen LogP contribution in [0, 0.1) is 0 Å². The largest absolute Gasteiger partial charge is 0.487 e. The maximum atomic E-state index is 12.0. The van der Waals surface area contributed by atoms with Gasteiger partial charge in [-0.15, -0.1) is 0 Å². The Hall–Kier alpha value is -2.31. The van der Waals surface area contributed by atoms with Crippen molar-refractivity contribution < 1.29 is 19.1 Å². The Morgan fingerprint density at radius 2 is 2.30 bits per heavy atom. The predicted octanol–water partition coefficient (Wildman–Crippen LogP) is 1.31. The molecule has 2 rings (SSSR count). The van der Waals surface area contributed by atoms with E-state index in [9.17, 15) is 9.59 Å². The fraction of sp³-hybridized carbons (Fsp3) is 0.462. The van der Waals surface area contributed by atoms with Crippen LogP contribution in [0.2, 0.25) is 0 Å². The molecule has 2 amide bonds. The van der Waals surface area contributed by atoms with Crippen molar-refractivity contribution >= 4 is 17.8 Å². The van der Waals surface area contributed by atoms with E-state index in [0.717, 1.165) is 0 Å². The van der Waals surface area contributed by atoms with Gasteiger partial charge in [-0.25, -0.2) is 9.78 Å². The first kappa shape index (κ1) is 14.1. The lowest BCUT2D eigenvalue weighted by atomic mass is 10.2. The minimum Gasteiger partial charge on any atom is -0.487 e. The minimum atomic E-state index is -0.834. The number of carbonyl (C=O) groups excluding carboxylic acids is 2. The average Bonchev–Trinajstić information content (AvgIpc) is 2.47. The summed E-state index contributed by atoms with van der Waals surface area (Å²) in [5, 5.41) is 5.07. The predicted molar refractivity (Wildman–Crippen MR) is 71.5 cm³/mol. The molecule has 108 valence electrons. The van der Waals surface area contributed by atoms with Gasteiger partial charge in [-0.05, 0) is 32.9 Å². The lowest BCUT2D eigenvalue weighted by Gasteiger charge is -2.22. The summed E-state index contributed by atoms with van der Waals surface area (Å²) in [6.07, 6.45) is 0.879. The molecule has 1 aromatic rings. The van der Waals surface area contributed by atoms with Crippen LogP contribution in [0.5, 0.6) is 5.75 Å². The molecule has 0 bridgehead atoms. The second-order valence-electron chi connectivity index (χ2n) is 5.35. The molecule has 2 heterocycles. The average molecular weight is 279 g/mol. The normalized spacial score (nSPS) is 18.1. The standard InChI is InChI=1S/C13H17N3O4/c1-13(2,3)20-12(18)15-8-7-19-9-5-4-6-14-10(9)16-11(8)17/h4-6,8H,7H2,1-3H3,(H,15,18)(H,14,16,17)/t8-/m0/s1. The molecule has 0 aliphatic carbocycles. The quantitative estimate of drug-likeness (QED) is 0.809. The summed E-state index contributed by atoms with van der Waals surface area (Å²) in [5.74, 6) is 0.411. The number of hydrogen-bond acceptors (Lipinski definition) is 5. The van der Waals surface area contributed by atoms with Crippen LogP contribution in [-0.4, -0.2) is 35.2 Å². The first-order valence-corrected chi connectivity index (χ1v) is 6.23. The number of anilines is 1. The van der Waals surface area contributed by atoms with Crippen LogP contribution in [0.15, 0.2) is 18.3 Å². The summed E-state index contributed by atoms with van der Waals surface area (Å²) in [5.41, 5.74) is -0.628. The van der Waals surface area contributed by atoms with E-state index in [-0.39, 0.29) is 6.61 Å². The van der Waals surface area contributed by atoms with Gasteiger partial charge in [0.2, 0.25) is 0 Å². The number of pyridine rings is 1. The van der Waals surface area contributed by atoms with Gasteiger partial charge in [0.15, 0.2) is 11.6 Å². The minimum absolute atomic E-state index is 0.0176. The number of carbonyl (C=O) groups is 2. The van der Waals surface area contributed by atoms with E-state index in [1.54, 1.807) is 39.1 Å². The highest BCUT2D eigenvalue weighted by Crippen LogP contribution is 2.23. The highest BCUT2D eigenvalue weighted by molar-refractivity contribution is 5.97. The monoisotopic (exact) mass is 279 g/mol. The van der Waals surface area contributed by atoms with Gasteiger partial charge in [0.25, 0.3) is 5.91 Å². The van der Waals surface area contributed by atoms with Crippen molar-refractivity contribution in [2.24, 2.45) is 0 Å². The number of rotatable bonds is 1. The van der Waals surface area contributed by atoms with E-state index in [2.05, 4.69) is 15.6 Å². The van der Waals surface area contributed by atoms with E-state index in [1.165, 1.54) is 0 Å². The van der Waals surface area contributed by atoms with Gasteiger partial charge in [0.05, 0.1) is 0 Å².